The Hall–Kier alpha value is -1.95. The third kappa shape index (κ3) is 5.11. The van der Waals surface area contributed by atoms with Gasteiger partial charge in [-0.3, -0.25) is 4.79 Å². The molecule has 2 rings (SSSR count). The van der Waals surface area contributed by atoms with Gasteiger partial charge in [0.2, 0.25) is 11.0 Å². The number of aromatic nitrogens is 2. The Kier molecular flexibility index (Phi) is 5.49. The highest BCUT2D eigenvalue weighted by Crippen LogP contribution is 2.27. The summed E-state index contributed by atoms with van der Waals surface area (Å²) < 4.78 is 5.55. The van der Waals surface area contributed by atoms with Crippen LogP contribution in [0.15, 0.2) is 30.3 Å². The van der Waals surface area contributed by atoms with Crippen molar-refractivity contribution < 1.29 is 9.53 Å². The maximum absolute atomic E-state index is 11.9. The van der Waals surface area contributed by atoms with E-state index in [0.29, 0.717) is 24.6 Å². The summed E-state index contributed by atoms with van der Waals surface area (Å²) in [6.07, 6.45) is 1.06. The molecule has 0 fully saturated rings. The number of ether oxygens (including phenoxy) is 1. The smallest absolute Gasteiger partial charge is 0.226 e. The monoisotopic (exact) mass is 319 g/mol. The third-order valence-electron chi connectivity index (χ3n) is 2.87. The normalized spacial score (nSPS) is 11.2. The molecule has 22 heavy (non-hydrogen) atoms. The molecule has 1 aromatic carbocycles. The largest absolute Gasteiger partial charge is 0.494 e. The molecule has 2 aromatic rings. The fourth-order valence-electron chi connectivity index (χ4n) is 1.70. The molecule has 0 aliphatic rings. The minimum Gasteiger partial charge on any atom is -0.494 e. The molecule has 0 radical (unpaired) electrons. The lowest BCUT2D eigenvalue weighted by Gasteiger charge is -2.12. The van der Waals surface area contributed by atoms with E-state index in [0.717, 1.165) is 10.8 Å². The van der Waals surface area contributed by atoms with E-state index in [9.17, 15) is 4.79 Å². The number of hydrogen-bond acceptors (Lipinski definition) is 5. The number of carbonyl (C=O) groups is 1. The minimum atomic E-state index is -0.0618. The van der Waals surface area contributed by atoms with Gasteiger partial charge in [-0.15, -0.1) is 10.2 Å². The minimum absolute atomic E-state index is 0.0514. The lowest BCUT2D eigenvalue weighted by atomic mass is 9.98. The number of carbonyl (C=O) groups excluding carboxylic acids is 1. The Morgan fingerprint density at radius 1 is 1.23 bits per heavy atom. The van der Waals surface area contributed by atoms with Crippen molar-refractivity contribution in [3.8, 4) is 5.75 Å². The van der Waals surface area contributed by atoms with Gasteiger partial charge in [0, 0.05) is 11.8 Å². The number of nitrogens with zero attached hydrogens (tertiary/aromatic N) is 2. The van der Waals surface area contributed by atoms with Crippen molar-refractivity contribution in [3.05, 3.63) is 35.3 Å². The van der Waals surface area contributed by atoms with Crippen LogP contribution in [0.2, 0.25) is 0 Å². The predicted octanol–water partition coefficient (Wildman–Crippen LogP) is 3.63. The van der Waals surface area contributed by atoms with Gasteiger partial charge in [-0.2, -0.15) is 0 Å². The van der Waals surface area contributed by atoms with Gasteiger partial charge in [-0.25, -0.2) is 0 Å². The van der Waals surface area contributed by atoms with E-state index in [-0.39, 0.29) is 11.3 Å². The molecule has 6 heteroatoms. The predicted molar refractivity (Wildman–Crippen MR) is 88.4 cm³/mol. The molecule has 0 bridgehead atoms. The lowest BCUT2D eigenvalue weighted by Crippen LogP contribution is -2.12. The maximum atomic E-state index is 11.9. The standard InChI is InChI=1S/C16H21N3O2S/c1-16(2,3)14-18-19-15(22-14)17-13(20)10-7-11-21-12-8-5-4-6-9-12/h4-6,8-9H,7,10-11H2,1-3H3,(H,17,19,20). The van der Waals surface area contributed by atoms with E-state index in [1.807, 2.05) is 30.3 Å². The quantitative estimate of drug-likeness (QED) is 0.826. The Bertz CT molecular complexity index is 605. The Labute approximate surface area is 134 Å². The van der Waals surface area contributed by atoms with Crippen molar-refractivity contribution in [2.24, 2.45) is 0 Å². The molecule has 0 saturated carbocycles. The summed E-state index contributed by atoms with van der Waals surface area (Å²) >= 11 is 1.42. The molecular weight excluding hydrogens is 298 g/mol. The van der Waals surface area contributed by atoms with Gasteiger partial charge in [0.05, 0.1) is 6.61 Å². The van der Waals surface area contributed by atoms with Crippen molar-refractivity contribution in [2.75, 3.05) is 11.9 Å². The van der Waals surface area contributed by atoms with E-state index in [4.69, 9.17) is 4.74 Å². The van der Waals surface area contributed by atoms with E-state index in [2.05, 4.69) is 36.3 Å². The van der Waals surface area contributed by atoms with Crippen molar-refractivity contribution in [2.45, 2.75) is 39.0 Å². The van der Waals surface area contributed by atoms with Crippen molar-refractivity contribution in [3.63, 3.8) is 0 Å². The molecule has 0 atom stereocenters. The van der Waals surface area contributed by atoms with Gasteiger partial charge in [0.25, 0.3) is 0 Å². The summed E-state index contributed by atoms with van der Waals surface area (Å²) in [6.45, 7) is 6.72. The van der Waals surface area contributed by atoms with Crippen molar-refractivity contribution >= 4 is 22.4 Å². The fourth-order valence-corrected chi connectivity index (χ4v) is 2.52. The van der Waals surface area contributed by atoms with Crippen LogP contribution in [0.4, 0.5) is 5.13 Å². The molecule has 1 heterocycles. The topological polar surface area (TPSA) is 64.1 Å². The van der Waals surface area contributed by atoms with Gasteiger partial charge in [-0.05, 0) is 18.6 Å². The number of benzene rings is 1. The molecular formula is C16H21N3O2S. The van der Waals surface area contributed by atoms with Crippen LogP contribution in [0.25, 0.3) is 0 Å². The van der Waals surface area contributed by atoms with E-state index >= 15 is 0 Å². The van der Waals surface area contributed by atoms with Crippen molar-refractivity contribution in [1.29, 1.82) is 0 Å². The van der Waals surface area contributed by atoms with Crippen LogP contribution in [-0.4, -0.2) is 22.7 Å². The zero-order chi connectivity index (χ0) is 16.0. The van der Waals surface area contributed by atoms with E-state index in [1.165, 1.54) is 11.3 Å². The first-order valence-electron chi connectivity index (χ1n) is 7.27. The molecule has 1 amide bonds. The average molecular weight is 319 g/mol. The second kappa shape index (κ2) is 7.35. The number of amides is 1. The van der Waals surface area contributed by atoms with E-state index < -0.39 is 0 Å². The average Bonchev–Trinajstić information content (AvgIpc) is 2.93. The zero-order valence-corrected chi connectivity index (χ0v) is 13.9. The van der Waals surface area contributed by atoms with Crippen LogP contribution in [0.1, 0.15) is 38.6 Å². The summed E-state index contributed by atoms with van der Waals surface area (Å²) in [5.41, 5.74) is -0.0514. The van der Waals surface area contributed by atoms with Gasteiger partial charge in [-0.1, -0.05) is 50.3 Å². The molecule has 118 valence electrons. The summed E-state index contributed by atoms with van der Waals surface area (Å²) in [5, 5.41) is 12.4. The summed E-state index contributed by atoms with van der Waals surface area (Å²) in [7, 11) is 0. The first-order chi connectivity index (χ1) is 10.4. The second-order valence-corrected chi connectivity index (χ2v) is 6.95. The Balaban J connectivity index is 1.71. The number of hydrogen-bond donors (Lipinski definition) is 1. The number of rotatable bonds is 6. The number of anilines is 1. The van der Waals surface area contributed by atoms with Crippen LogP contribution in [0, 0.1) is 0 Å². The Morgan fingerprint density at radius 3 is 2.59 bits per heavy atom. The van der Waals surface area contributed by atoms with Crippen LogP contribution in [-0.2, 0) is 10.2 Å². The van der Waals surface area contributed by atoms with Gasteiger partial charge in [0.1, 0.15) is 10.8 Å². The molecule has 1 aromatic heterocycles. The molecule has 0 aliphatic carbocycles. The SMILES string of the molecule is CC(C)(C)c1nnc(NC(=O)CCCOc2ccccc2)s1. The summed E-state index contributed by atoms with van der Waals surface area (Å²) in [5.74, 6) is 0.759. The first-order valence-corrected chi connectivity index (χ1v) is 8.08. The van der Waals surface area contributed by atoms with E-state index in [1.54, 1.807) is 0 Å². The highest BCUT2D eigenvalue weighted by Gasteiger charge is 2.19. The number of para-hydroxylation sites is 1. The van der Waals surface area contributed by atoms with Crippen LogP contribution >= 0.6 is 11.3 Å². The highest BCUT2D eigenvalue weighted by molar-refractivity contribution is 7.15. The van der Waals surface area contributed by atoms with Gasteiger partial charge in [0.15, 0.2) is 0 Å². The van der Waals surface area contributed by atoms with Crippen LogP contribution in [0.3, 0.4) is 0 Å². The summed E-state index contributed by atoms with van der Waals surface area (Å²) in [4.78, 5) is 11.9. The zero-order valence-electron chi connectivity index (χ0n) is 13.1. The molecule has 1 N–H and O–H groups in total. The second-order valence-electron chi connectivity index (χ2n) is 5.98. The number of nitrogens with one attached hydrogen (secondary N) is 1. The molecule has 5 nitrogen and oxygen atoms in total. The van der Waals surface area contributed by atoms with Gasteiger partial charge < -0.3 is 10.1 Å². The van der Waals surface area contributed by atoms with Crippen LogP contribution in [0.5, 0.6) is 5.75 Å². The van der Waals surface area contributed by atoms with Gasteiger partial charge >= 0.3 is 0 Å². The molecule has 0 saturated heterocycles. The highest BCUT2D eigenvalue weighted by atomic mass is 32.1. The molecule has 0 aliphatic heterocycles. The molecule has 0 unspecified atom stereocenters. The maximum Gasteiger partial charge on any atom is 0.226 e. The first kappa shape index (κ1) is 16.4. The lowest BCUT2D eigenvalue weighted by molar-refractivity contribution is -0.116. The third-order valence-corrected chi connectivity index (χ3v) is 4.14. The Morgan fingerprint density at radius 2 is 1.95 bits per heavy atom. The fraction of sp³-hybridized carbons (Fsp3) is 0.438. The van der Waals surface area contributed by atoms with Crippen molar-refractivity contribution in [1.82, 2.24) is 10.2 Å². The summed E-state index contributed by atoms with van der Waals surface area (Å²) in [6, 6.07) is 9.58. The van der Waals surface area contributed by atoms with Crippen LogP contribution < -0.4 is 10.1 Å². The molecule has 0 spiro atoms.